The molecule has 0 spiro atoms. The lowest BCUT2D eigenvalue weighted by atomic mass is 9.66. The normalized spacial score (nSPS) is 40.4. The van der Waals surface area contributed by atoms with E-state index in [1.54, 1.807) is 0 Å². The number of hydrogen-bond acceptors (Lipinski definition) is 2. The van der Waals surface area contributed by atoms with Crippen LogP contribution in [-0.4, -0.2) is 24.3 Å². The molecule has 88 valence electrons. The van der Waals surface area contributed by atoms with Gasteiger partial charge in [0.2, 0.25) is 0 Å². The van der Waals surface area contributed by atoms with Crippen LogP contribution in [0.2, 0.25) is 0 Å². The fourth-order valence-electron chi connectivity index (χ4n) is 3.65. The Kier molecular flexibility index (Phi) is 4.04. The van der Waals surface area contributed by atoms with Crippen LogP contribution in [0.25, 0.3) is 0 Å². The van der Waals surface area contributed by atoms with Crippen molar-refractivity contribution in [2.75, 3.05) is 13.2 Å². The van der Waals surface area contributed by atoms with E-state index in [2.05, 4.69) is 12.2 Å². The smallest absolute Gasteiger partial charge is 0.0443 e. The average Bonchev–Trinajstić information content (AvgIpc) is 2.21. The van der Waals surface area contributed by atoms with Gasteiger partial charge in [-0.2, -0.15) is 0 Å². The largest absolute Gasteiger partial charge is 0.396 e. The van der Waals surface area contributed by atoms with Gasteiger partial charge in [0.1, 0.15) is 0 Å². The Morgan fingerprint density at radius 3 is 2.87 bits per heavy atom. The number of fused-ring (bicyclic) bond motifs is 2. The van der Waals surface area contributed by atoms with Gasteiger partial charge in [0, 0.05) is 12.6 Å². The number of rotatable bonds is 4. The van der Waals surface area contributed by atoms with E-state index in [4.69, 9.17) is 5.11 Å². The van der Waals surface area contributed by atoms with E-state index < -0.39 is 0 Å². The zero-order chi connectivity index (χ0) is 10.7. The van der Waals surface area contributed by atoms with Gasteiger partial charge in [0.25, 0.3) is 0 Å². The molecule has 0 aromatic carbocycles. The highest BCUT2D eigenvalue weighted by Gasteiger charge is 2.35. The van der Waals surface area contributed by atoms with Crippen molar-refractivity contribution in [1.29, 1.82) is 0 Å². The second-order valence-electron chi connectivity index (χ2n) is 5.65. The predicted molar refractivity (Wildman–Crippen MR) is 62.7 cm³/mol. The summed E-state index contributed by atoms with van der Waals surface area (Å²) in [5.41, 5.74) is 0. The molecule has 2 heteroatoms. The van der Waals surface area contributed by atoms with Gasteiger partial charge in [-0.25, -0.2) is 0 Å². The van der Waals surface area contributed by atoms with E-state index in [1.165, 1.54) is 32.1 Å². The Balaban J connectivity index is 1.80. The molecule has 2 N–H and O–H groups in total. The second-order valence-corrected chi connectivity index (χ2v) is 5.65. The van der Waals surface area contributed by atoms with Crippen LogP contribution >= 0.6 is 0 Å². The third-order valence-corrected chi connectivity index (χ3v) is 4.27. The van der Waals surface area contributed by atoms with Crippen LogP contribution in [0, 0.1) is 17.8 Å². The van der Waals surface area contributed by atoms with Crippen LogP contribution in [0.4, 0.5) is 0 Å². The summed E-state index contributed by atoms with van der Waals surface area (Å²) >= 11 is 0. The highest BCUT2D eigenvalue weighted by Crippen LogP contribution is 2.42. The molecular weight excluding hydrogens is 186 g/mol. The first kappa shape index (κ1) is 11.4. The molecule has 15 heavy (non-hydrogen) atoms. The third kappa shape index (κ3) is 2.94. The lowest BCUT2D eigenvalue weighted by Gasteiger charge is -2.43. The number of aliphatic hydroxyl groups is 1. The summed E-state index contributed by atoms with van der Waals surface area (Å²) in [7, 11) is 0. The molecule has 2 rings (SSSR count). The fraction of sp³-hybridized carbons (Fsp3) is 1.00. The zero-order valence-corrected chi connectivity index (χ0v) is 9.91. The molecule has 0 radical (unpaired) electrons. The maximum atomic E-state index is 8.77. The molecular formula is C13H25NO. The lowest BCUT2D eigenvalue weighted by molar-refractivity contribution is 0.108. The molecule has 0 aliphatic heterocycles. The Labute approximate surface area is 93.5 Å². The van der Waals surface area contributed by atoms with Crippen LogP contribution in [0.1, 0.15) is 45.4 Å². The maximum absolute atomic E-state index is 8.77. The molecule has 4 atom stereocenters. The van der Waals surface area contributed by atoms with Gasteiger partial charge in [0.05, 0.1) is 0 Å². The van der Waals surface area contributed by atoms with E-state index in [0.29, 0.717) is 6.61 Å². The summed E-state index contributed by atoms with van der Waals surface area (Å²) in [6, 6.07) is 0.746. The molecule has 0 heterocycles. The van der Waals surface area contributed by atoms with Crippen LogP contribution in [-0.2, 0) is 0 Å². The molecule has 2 aliphatic rings. The third-order valence-electron chi connectivity index (χ3n) is 4.27. The Hall–Kier alpha value is -0.0800. The summed E-state index contributed by atoms with van der Waals surface area (Å²) < 4.78 is 0. The van der Waals surface area contributed by atoms with Gasteiger partial charge in [-0.1, -0.05) is 6.92 Å². The SMILES string of the molecule is CC1CC2CCC(NCCCO)C(C1)C2. The molecule has 2 aliphatic carbocycles. The first-order valence-electron chi connectivity index (χ1n) is 6.64. The Morgan fingerprint density at radius 1 is 1.20 bits per heavy atom. The van der Waals surface area contributed by atoms with E-state index in [1.807, 2.05) is 0 Å². The predicted octanol–water partition coefficient (Wildman–Crippen LogP) is 2.17. The molecule has 4 unspecified atom stereocenters. The minimum atomic E-state index is 0.323. The van der Waals surface area contributed by atoms with E-state index in [0.717, 1.165) is 36.8 Å². The highest BCUT2D eigenvalue weighted by atomic mass is 16.3. The van der Waals surface area contributed by atoms with Crippen molar-refractivity contribution in [2.45, 2.75) is 51.5 Å². The van der Waals surface area contributed by atoms with Gasteiger partial charge < -0.3 is 10.4 Å². The summed E-state index contributed by atoms with van der Waals surface area (Å²) in [6.45, 7) is 3.73. The quantitative estimate of drug-likeness (QED) is 0.699. The van der Waals surface area contributed by atoms with Crippen molar-refractivity contribution >= 4 is 0 Å². The van der Waals surface area contributed by atoms with Crippen molar-refractivity contribution in [3.8, 4) is 0 Å². The van der Waals surface area contributed by atoms with Gasteiger partial charge in [0.15, 0.2) is 0 Å². The van der Waals surface area contributed by atoms with Crippen molar-refractivity contribution in [2.24, 2.45) is 17.8 Å². The molecule has 0 saturated heterocycles. The summed E-state index contributed by atoms with van der Waals surface area (Å²) in [4.78, 5) is 0. The van der Waals surface area contributed by atoms with Crippen molar-refractivity contribution < 1.29 is 5.11 Å². The van der Waals surface area contributed by atoms with Crippen molar-refractivity contribution in [3.63, 3.8) is 0 Å². The summed E-state index contributed by atoms with van der Waals surface area (Å²) in [5.74, 6) is 2.89. The molecule has 2 saturated carbocycles. The molecule has 0 aromatic heterocycles. The number of nitrogens with one attached hydrogen (secondary N) is 1. The molecule has 2 fully saturated rings. The summed E-state index contributed by atoms with van der Waals surface area (Å²) in [6.07, 6.45) is 8.06. The first-order valence-corrected chi connectivity index (χ1v) is 6.64. The molecule has 2 bridgehead atoms. The van der Waals surface area contributed by atoms with Gasteiger partial charge in [-0.05, 0) is 62.8 Å². The molecule has 0 amide bonds. The molecule has 2 nitrogen and oxygen atoms in total. The number of hydrogen-bond donors (Lipinski definition) is 2. The molecule has 0 aromatic rings. The highest BCUT2D eigenvalue weighted by molar-refractivity contribution is 4.89. The van der Waals surface area contributed by atoms with Gasteiger partial charge >= 0.3 is 0 Å². The fourth-order valence-corrected chi connectivity index (χ4v) is 3.65. The maximum Gasteiger partial charge on any atom is 0.0443 e. The van der Waals surface area contributed by atoms with Crippen LogP contribution in [0.15, 0.2) is 0 Å². The van der Waals surface area contributed by atoms with Crippen LogP contribution in [0.5, 0.6) is 0 Å². The van der Waals surface area contributed by atoms with Gasteiger partial charge in [-0.3, -0.25) is 0 Å². The van der Waals surface area contributed by atoms with E-state index >= 15 is 0 Å². The van der Waals surface area contributed by atoms with Crippen molar-refractivity contribution in [3.05, 3.63) is 0 Å². The number of aliphatic hydroxyl groups excluding tert-OH is 1. The monoisotopic (exact) mass is 211 g/mol. The second kappa shape index (κ2) is 5.31. The van der Waals surface area contributed by atoms with E-state index in [-0.39, 0.29) is 0 Å². The zero-order valence-electron chi connectivity index (χ0n) is 9.91. The first-order chi connectivity index (χ1) is 7.29. The van der Waals surface area contributed by atoms with Crippen molar-refractivity contribution in [1.82, 2.24) is 5.32 Å². The Bertz CT molecular complexity index is 193. The van der Waals surface area contributed by atoms with Crippen LogP contribution in [0.3, 0.4) is 0 Å². The van der Waals surface area contributed by atoms with Gasteiger partial charge in [-0.15, -0.1) is 0 Å². The average molecular weight is 211 g/mol. The Morgan fingerprint density at radius 2 is 2.07 bits per heavy atom. The lowest BCUT2D eigenvalue weighted by Crippen LogP contribution is -2.44. The standard InChI is InChI=1S/C13H25NO/c1-10-7-11-3-4-13(12(8-10)9-11)14-5-2-6-15/h10-15H,2-9H2,1H3. The topological polar surface area (TPSA) is 32.3 Å². The minimum Gasteiger partial charge on any atom is -0.396 e. The van der Waals surface area contributed by atoms with E-state index in [9.17, 15) is 0 Å². The minimum absolute atomic E-state index is 0.323. The summed E-state index contributed by atoms with van der Waals surface area (Å²) in [5, 5.41) is 12.4. The van der Waals surface area contributed by atoms with Crippen LogP contribution < -0.4 is 5.32 Å².